The first-order valence-electron chi connectivity index (χ1n) is 11.7. The molecular formula is C26H31N5O3. The van der Waals surface area contributed by atoms with Crippen LogP contribution in [0.4, 0.5) is 5.69 Å². The molecule has 8 heteroatoms. The fourth-order valence-corrected chi connectivity index (χ4v) is 4.45. The molecule has 1 unspecified atom stereocenters. The summed E-state index contributed by atoms with van der Waals surface area (Å²) in [4.78, 5) is 39.7. The fraction of sp³-hybridized carbons (Fsp3) is 0.385. The Morgan fingerprint density at radius 1 is 1.12 bits per heavy atom. The summed E-state index contributed by atoms with van der Waals surface area (Å²) < 4.78 is 1.38. The Kier molecular flexibility index (Phi) is 7.07. The van der Waals surface area contributed by atoms with E-state index in [4.69, 9.17) is 5.73 Å². The molecule has 1 saturated heterocycles. The van der Waals surface area contributed by atoms with Crippen LogP contribution in [-0.4, -0.2) is 39.6 Å². The SMILES string of the molecule is CC(C)Cn1nc(C(=O)Nc2ccc(CN3CCCC(C(N)=O)C3)cc2)c2ccccc2c1=O. The van der Waals surface area contributed by atoms with Crippen molar-refractivity contribution >= 4 is 28.3 Å². The minimum atomic E-state index is -0.359. The lowest BCUT2D eigenvalue weighted by Crippen LogP contribution is -2.40. The molecule has 2 amide bonds. The minimum absolute atomic E-state index is 0.0893. The number of likely N-dealkylation sites (tertiary alicyclic amines) is 1. The lowest BCUT2D eigenvalue weighted by atomic mass is 9.97. The molecule has 1 atom stereocenters. The maximum atomic E-state index is 13.1. The van der Waals surface area contributed by atoms with E-state index < -0.39 is 0 Å². The molecule has 1 aromatic heterocycles. The van der Waals surface area contributed by atoms with Crippen LogP contribution in [0.2, 0.25) is 0 Å². The van der Waals surface area contributed by atoms with Crippen molar-refractivity contribution in [3.05, 3.63) is 70.1 Å². The highest BCUT2D eigenvalue weighted by atomic mass is 16.2. The quantitative estimate of drug-likeness (QED) is 0.562. The molecule has 34 heavy (non-hydrogen) atoms. The number of carbonyl (C=O) groups is 2. The molecule has 3 N–H and O–H groups in total. The number of primary amides is 1. The van der Waals surface area contributed by atoms with Gasteiger partial charge in [0, 0.05) is 30.7 Å². The van der Waals surface area contributed by atoms with E-state index in [-0.39, 0.29) is 34.9 Å². The molecule has 0 saturated carbocycles. The van der Waals surface area contributed by atoms with E-state index in [0.29, 0.717) is 29.5 Å². The molecule has 1 aliphatic heterocycles. The fourth-order valence-electron chi connectivity index (χ4n) is 4.45. The number of carbonyl (C=O) groups excluding carboxylic acids is 2. The Bertz CT molecular complexity index is 1250. The Morgan fingerprint density at radius 3 is 2.50 bits per heavy atom. The molecule has 2 aromatic carbocycles. The molecule has 0 radical (unpaired) electrons. The van der Waals surface area contributed by atoms with Gasteiger partial charge in [0.05, 0.1) is 11.3 Å². The highest BCUT2D eigenvalue weighted by Crippen LogP contribution is 2.20. The summed E-state index contributed by atoms with van der Waals surface area (Å²) >= 11 is 0. The zero-order chi connectivity index (χ0) is 24.2. The molecule has 8 nitrogen and oxygen atoms in total. The van der Waals surface area contributed by atoms with Crippen LogP contribution in [0.25, 0.3) is 10.8 Å². The number of benzene rings is 2. The standard InChI is InChI=1S/C26H31N5O3/c1-17(2)14-31-26(34)22-8-4-3-7-21(22)23(29-31)25(33)28-20-11-9-18(10-12-20)15-30-13-5-6-19(16-30)24(27)32/h3-4,7-12,17,19H,5-6,13-16H2,1-2H3,(H2,27,32)(H,28,33). The largest absolute Gasteiger partial charge is 0.369 e. The van der Waals surface area contributed by atoms with Crippen LogP contribution in [-0.2, 0) is 17.9 Å². The third kappa shape index (κ3) is 5.34. The van der Waals surface area contributed by atoms with E-state index in [2.05, 4.69) is 15.3 Å². The van der Waals surface area contributed by atoms with E-state index >= 15 is 0 Å². The van der Waals surface area contributed by atoms with Gasteiger partial charge >= 0.3 is 0 Å². The summed E-state index contributed by atoms with van der Waals surface area (Å²) in [5.41, 5.74) is 7.26. The van der Waals surface area contributed by atoms with Crippen LogP contribution >= 0.6 is 0 Å². The molecule has 1 fully saturated rings. The minimum Gasteiger partial charge on any atom is -0.369 e. The summed E-state index contributed by atoms with van der Waals surface area (Å²) in [5.74, 6) is -0.466. The summed E-state index contributed by atoms with van der Waals surface area (Å²) in [6, 6.07) is 14.7. The van der Waals surface area contributed by atoms with Crippen LogP contribution < -0.4 is 16.6 Å². The summed E-state index contributed by atoms with van der Waals surface area (Å²) in [6.07, 6.45) is 1.81. The average molecular weight is 462 g/mol. The van der Waals surface area contributed by atoms with E-state index in [1.807, 2.05) is 38.1 Å². The number of aromatic nitrogens is 2. The van der Waals surface area contributed by atoms with E-state index in [9.17, 15) is 14.4 Å². The lowest BCUT2D eigenvalue weighted by Gasteiger charge is -2.31. The predicted molar refractivity (Wildman–Crippen MR) is 132 cm³/mol. The van der Waals surface area contributed by atoms with Crippen LogP contribution in [0.15, 0.2) is 53.3 Å². The summed E-state index contributed by atoms with van der Waals surface area (Å²) in [7, 11) is 0. The number of hydrogen-bond donors (Lipinski definition) is 2. The van der Waals surface area contributed by atoms with Crippen molar-refractivity contribution in [3.8, 4) is 0 Å². The molecule has 2 heterocycles. The van der Waals surface area contributed by atoms with Crippen molar-refractivity contribution in [1.82, 2.24) is 14.7 Å². The topological polar surface area (TPSA) is 110 Å². The number of nitrogens with two attached hydrogens (primary N) is 1. The molecule has 178 valence electrons. The van der Waals surface area contributed by atoms with Gasteiger partial charge < -0.3 is 11.1 Å². The summed E-state index contributed by atoms with van der Waals surface area (Å²) in [5, 5.41) is 8.33. The zero-order valence-electron chi connectivity index (χ0n) is 19.7. The number of nitrogens with one attached hydrogen (secondary N) is 1. The van der Waals surface area contributed by atoms with Gasteiger partial charge in [-0.05, 0) is 49.1 Å². The number of amides is 2. The van der Waals surface area contributed by atoms with Crippen molar-refractivity contribution < 1.29 is 9.59 Å². The molecule has 0 bridgehead atoms. The Labute approximate surface area is 198 Å². The van der Waals surface area contributed by atoms with Gasteiger partial charge in [-0.2, -0.15) is 5.10 Å². The van der Waals surface area contributed by atoms with Gasteiger partial charge in [0.2, 0.25) is 5.91 Å². The molecular weight excluding hydrogens is 430 g/mol. The van der Waals surface area contributed by atoms with E-state index in [0.717, 1.165) is 31.5 Å². The van der Waals surface area contributed by atoms with Crippen molar-refractivity contribution in [2.24, 2.45) is 17.6 Å². The second kappa shape index (κ2) is 10.2. The first-order chi connectivity index (χ1) is 16.3. The van der Waals surface area contributed by atoms with Crippen LogP contribution in [0.1, 0.15) is 42.7 Å². The van der Waals surface area contributed by atoms with Gasteiger partial charge in [-0.1, -0.05) is 44.2 Å². The van der Waals surface area contributed by atoms with Crippen molar-refractivity contribution in [2.75, 3.05) is 18.4 Å². The number of anilines is 1. The molecule has 4 rings (SSSR count). The normalized spacial score (nSPS) is 16.6. The molecule has 1 aliphatic rings. The number of hydrogen-bond acceptors (Lipinski definition) is 5. The van der Waals surface area contributed by atoms with Crippen LogP contribution in [0, 0.1) is 11.8 Å². The number of fused-ring (bicyclic) bond motifs is 1. The molecule has 0 aliphatic carbocycles. The smallest absolute Gasteiger partial charge is 0.276 e. The van der Waals surface area contributed by atoms with E-state index in [1.165, 1.54) is 4.68 Å². The highest BCUT2D eigenvalue weighted by molar-refractivity contribution is 6.11. The molecule has 3 aromatic rings. The third-order valence-corrected chi connectivity index (χ3v) is 6.15. The maximum absolute atomic E-state index is 13.1. The Hall–Kier alpha value is -3.52. The van der Waals surface area contributed by atoms with Crippen molar-refractivity contribution in [1.29, 1.82) is 0 Å². The molecule has 0 spiro atoms. The van der Waals surface area contributed by atoms with Gasteiger partial charge in [-0.25, -0.2) is 4.68 Å². The Morgan fingerprint density at radius 2 is 1.82 bits per heavy atom. The second-order valence-electron chi connectivity index (χ2n) is 9.40. The average Bonchev–Trinajstić information content (AvgIpc) is 2.82. The monoisotopic (exact) mass is 461 g/mol. The van der Waals surface area contributed by atoms with Crippen molar-refractivity contribution in [2.45, 2.75) is 39.8 Å². The van der Waals surface area contributed by atoms with Gasteiger partial charge in [-0.15, -0.1) is 0 Å². The predicted octanol–water partition coefficient (Wildman–Crippen LogP) is 3.00. The Balaban J connectivity index is 1.50. The number of nitrogens with zero attached hydrogens (tertiary/aromatic N) is 3. The van der Waals surface area contributed by atoms with E-state index in [1.54, 1.807) is 24.3 Å². The highest BCUT2D eigenvalue weighted by Gasteiger charge is 2.24. The number of rotatable bonds is 7. The van der Waals surface area contributed by atoms with Gasteiger partial charge in [0.25, 0.3) is 11.5 Å². The maximum Gasteiger partial charge on any atom is 0.276 e. The van der Waals surface area contributed by atoms with Crippen LogP contribution in [0.3, 0.4) is 0 Å². The van der Waals surface area contributed by atoms with Gasteiger partial charge in [0.15, 0.2) is 5.69 Å². The summed E-state index contributed by atoms with van der Waals surface area (Å²) in [6.45, 7) is 6.78. The van der Waals surface area contributed by atoms with Gasteiger partial charge in [-0.3, -0.25) is 19.3 Å². The second-order valence-corrected chi connectivity index (χ2v) is 9.40. The number of piperidine rings is 1. The lowest BCUT2D eigenvalue weighted by molar-refractivity contribution is -0.123. The first kappa shape index (κ1) is 23.6. The zero-order valence-corrected chi connectivity index (χ0v) is 19.7. The van der Waals surface area contributed by atoms with Crippen LogP contribution in [0.5, 0.6) is 0 Å². The van der Waals surface area contributed by atoms with Crippen molar-refractivity contribution in [3.63, 3.8) is 0 Å². The third-order valence-electron chi connectivity index (χ3n) is 6.15. The first-order valence-corrected chi connectivity index (χ1v) is 11.7. The van der Waals surface area contributed by atoms with Gasteiger partial charge in [0.1, 0.15) is 0 Å².